The van der Waals surface area contributed by atoms with Crippen LogP contribution in [0.15, 0.2) is 0 Å². The lowest BCUT2D eigenvalue weighted by atomic mass is 9.96. The van der Waals surface area contributed by atoms with Crippen LogP contribution in [-0.2, 0) is 4.79 Å². The minimum absolute atomic E-state index is 0.106. The molecule has 2 aliphatic rings. The summed E-state index contributed by atoms with van der Waals surface area (Å²) in [5.74, 6) is 0.731. The number of carboxylic acids is 1. The number of hydrogen-bond acceptors (Lipinski definition) is 4. The van der Waals surface area contributed by atoms with Gasteiger partial charge in [0, 0.05) is 25.4 Å². The molecular formula is C13H23N3O3S. The fraction of sp³-hybridized carbons (Fsp3) is 0.846. The zero-order chi connectivity index (χ0) is 14.7. The topological polar surface area (TPSA) is 64.1 Å². The average Bonchev–Trinajstić information content (AvgIpc) is 2.87. The van der Waals surface area contributed by atoms with Gasteiger partial charge in [-0.1, -0.05) is 0 Å². The van der Waals surface area contributed by atoms with Gasteiger partial charge < -0.3 is 19.8 Å². The molecule has 2 rings (SSSR count). The van der Waals surface area contributed by atoms with E-state index in [0.29, 0.717) is 17.5 Å². The Hall–Kier alpha value is -0.950. The van der Waals surface area contributed by atoms with Crippen LogP contribution in [0.1, 0.15) is 12.8 Å². The highest BCUT2D eigenvalue weighted by atomic mass is 32.2. The zero-order valence-corrected chi connectivity index (χ0v) is 12.9. The van der Waals surface area contributed by atoms with Crippen LogP contribution in [0, 0.1) is 5.92 Å². The molecule has 7 heteroatoms. The van der Waals surface area contributed by atoms with Crippen molar-refractivity contribution < 1.29 is 14.7 Å². The molecule has 2 fully saturated rings. The minimum Gasteiger partial charge on any atom is -0.480 e. The number of aliphatic carboxylic acids is 1. The third kappa shape index (κ3) is 3.58. The summed E-state index contributed by atoms with van der Waals surface area (Å²) >= 11 is 1.51. The van der Waals surface area contributed by atoms with E-state index in [1.165, 1.54) is 16.7 Å². The van der Waals surface area contributed by atoms with Gasteiger partial charge in [-0.3, -0.25) is 0 Å². The number of carbonyl (C=O) groups is 2. The molecule has 0 aromatic carbocycles. The summed E-state index contributed by atoms with van der Waals surface area (Å²) in [5, 5.41) is 9.14. The average molecular weight is 301 g/mol. The molecule has 0 spiro atoms. The van der Waals surface area contributed by atoms with Gasteiger partial charge in [0.05, 0.1) is 5.88 Å². The van der Waals surface area contributed by atoms with Crippen LogP contribution in [0.3, 0.4) is 0 Å². The maximum Gasteiger partial charge on any atom is 0.327 e. The number of rotatable bonds is 3. The Morgan fingerprint density at radius 2 is 1.95 bits per heavy atom. The molecular weight excluding hydrogens is 278 g/mol. The molecule has 0 saturated carbocycles. The summed E-state index contributed by atoms with van der Waals surface area (Å²) in [6, 6.07) is -0.766. The van der Waals surface area contributed by atoms with Crippen molar-refractivity contribution >= 4 is 23.8 Å². The molecule has 1 unspecified atom stereocenters. The lowest BCUT2D eigenvalue weighted by molar-refractivity contribution is -0.141. The quantitative estimate of drug-likeness (QED) is 0.837. The summed E-state index contributed by atoms with van der Waals surface area (Å²) in [5.41, 5.74) is 0. The van der Waals surface area contributed by atoms with Gasteiger partial charge in [-0.05, 0) is 32.9 Å². The second-order valence-corrected chi connectivity index (χ2v) is 6.80. The summed E-state index contributed by atoms with van der Waals surface area (Å²) in [6.45, 7) is 2.54. The van der Waals surface area contributed by atoms with Gasteiger partial charge in [0.15, 0.2) is 0 Å². The molecule has 1 N–H and O–H groups in total. The first-order valence-corrected chi connectivity index (χ1v) is 8.15. The molecule has 20 heavy (non-hydrogen) atoms. The number of likely N-dealkylation sites (tertiary alicyclic amines) is 1. The Morgan fingerprint density at radius 3 is 2.50 bits per heavy atom. The van der Waals surface area contributed by atoms with E-state index in [4.69, 9.17) is 5.11 Å². The van der Waals surface area contributed by atoms with E-state index in [-0.39, 0.29) is 6.03 Å². The standard InChI is InChI=1S/C13H23N3O3S/c1-14(2)7-10-3-5-15(6-4-10)13(19)16-9-20-8-11(16)12(17)18/h10-11H,3-9H2,1-2H3,(H,17,18). The monoisotopic (exact) mass is 301 g/mol. The number of amides is 2. The van der Waals surface area contributed by atoms with E-state index in [1.54, 1.807) is 0 Å². The highest BCUT2D eigenvalue weighted by Crippen LogP contribution is 2.25. The SMILES string of the molecule is CN(C)CC1CCN(C(=O)N2CSCC2C(=O)O)CC1. The molecule has 2 aliphatic heterocycles. The zero-order valence-electron chi connectivity index (χ0n) is 12.1. The van der Waals surface area contributed by atoms with Gasteiger partial charge in [-0.25, -0.2) is 9.59 Å². The van der Waals surface area contributed by atoms with Gasteiger partial charge in [0.1, 0.15) is 6.04 Å². The van der Waals surface area contributed by atoms with Crippen LogP contribution in [0.25, 0.3) is 0 Å². The summed E-state index contributed by atoms with van der Waals surface area (Å²) in [7, 11) is 4.13. The number of carbonyl (C=O) groups excluding carboxylic acids is 1. The normalized spacial score (nSPS) is 24.4. The van der Waals surface area contributed by atoms with Crippen LogP contribution >= 0.6 is 11.8 Å². The van der Waals surface area contributed by atoms with E-state index < -0.39 is 12.0 Å². The van der Waals surface area contributed by atoms with Crippen molar-refractivity contribution in [2.75, 3.05) is 45.4 Å². The number of thioether (sulfide) groups is 1. The molecule has 0 bridgehead atoms. The molecule has 2 heterocycles. The number of carboxylic acid groups (broad SMARTS) is 1. The van der Waals surface area contributed by atoms with Crippen molar-refractivity contribution in [2.45, 2.75) is 18.9 Å². The van der Waals surface area contributed by atoms with Crippen molar-refractivity contribution in [3.05, 3.63) is 0 Å². The first kappa shape index (κ1) is 15.4. The van der Waals surface area contributed by atoms with Gasteiger partial charge in [-0.15, -0.1) is 11.8 Å². The van der Waals surface area contributed by atoms with E-state index in [0.717, 1.165) is 32.5 Å². The molecule has 0 aliphatic carbocycles. The second-order valence-electron chi connectivity index (χ2n) is 5.80. The summed E-state index contributed by atoms with van der Waals surface area (Å²) in [4.78, 5) is 29.0. The smallest absolute Gasteiger partial charge is 0.327 e. The van der Waals surface area contributed by atoms with Gasteiger partial charge in [0.25, 0.3) is 0 Å². The Kier molecular flexibility index (Phi) is 5.15. The third-order valence-electron chi connectivity index (χ3n) is 3.92. The van der Waals surface area contributed by atoms with Crippen molar-refractivity contribution in [1.82, 2.24) is 14.7 Å². The first-order valence-electron chi connectivity index (χ1n) is 7.00. The fourth-order valence-corrected chi connectivity index (χ4v) is 3.98. The van der Waals surface area contributed by atoms with Crippen LogP contribution in [-0.4, -0.2) is 83.2 Å². The van der Waals surface area contributed by atoms with Gasteiger partial charge in [-0.2, -0.15) is 0 Å². The number of urea groups is 1. The van der Waals surface area contributed by atoms with Gasteiger partial charge >= 0.3 is 12.0 Å². The predicted octanol–water partition coefficient (Wildman–Crippen LogP) is 0.839. The maximum atomic E-state index is 12.4. The van der Waals surface area contributed by atoms with Crippen LogP contribution in [0.5, 0.6) is 0 Å². The molecule has 0 aromatic heterocycles. The third-order valence-corrected chi connectivity index (χ3v) is 4.93. The largest absolute Gasteiger partial charge is 0.480 e. The van der Waals surface area contributed by atoms with Crippen LogP contribution in [0.2, 0.25) is 0 Å². The number of nitrogens with zero attached hydrogens (tertiary/aromatic N) is 3. The van der Waals surface area contributed by atoms with E-state index in [2.05, 4.69) is 19.0 Å². The fourth-order valence-electron chi connectivity index (χ4n) is 2.84. The van der Waals surface area contributed by atoms with E-state index >= 15 is 0 Å². The first-order chi connectivity index (χ1) is 9.49. The van der Waals surface area contributed by atoms with Crippen LogP contribution in [0.4, 0.5) is 4.79 Å². The Labute approximate surface area is 124 Å². The van der Waals surface area contributed by atoms with Crippen molar-refractivity contribution in [2.24, 2.45) is 5.92 Å². The molecule has 1 atom stereocenters. The Morgan fingerprint density at radius 1 is 1.30 bits per heavy atom. The summed E-state index contributed by atoms with van der Waals surface area (Å²) < 4.78 is 0. The van der Waals surface area contributed by atoms with Crippen LogP contribution < -0.4 is 0 Å². The lowest BCUT2D eigenvalue weighted by Gasteiger charge is -2.36. The van der Waals surface area contributed by atoms with E-state index in [9.17, 15) is 9.59 Å². The molecule has 0 radical (unpaired) electrons. The Balaban J connectivity index is 1.87. The lowest BCUT2D eigenvalue weighted by Crippen LogP contribution is -2.51. The highest BCUT2D eigenvalue weighted by Gasteiger charge is 2.37. The van der Waals surface area contributed by atoms with Crippen molar-refractivity contribution in [1.29, 1.82) is 0 Å². The van der Waals surface area contributed by atoms with Crippen molar-refractivity contribution in [3.8, 4) is 0 Å². The van der Waals surface area contributed by atoms with Crippen molar-refractivity contribution in [3.63, 3.8) is 0 Å². The molecule has 114 valence electrons. The van der Waals surface area contributed by atoms with Gasteiger partial charge in [0.2, 0.25) is 0 Å². The Bertz CT molecular complexity index is 370. The number of hydrogen-bond donors (Lipinski definition) is 1. The summed E-state index contributed by atoms with van der Waals surface area (Å²) in [6.07, 6.45) is 2.01. The highest BCUT2D eigenvalue weighted by molar-refractivity contribution is 7.99. The number of piperidine rings is 1. The maximum absolute atomic E-state index is 12.4. The second kappa shape index (κ2) is 6.67. The minimum atomic E-state index is -0.897. The molecule has 0 aromatic rings. The molecule has 2 saturated heterocycles. The van der Waals surface area contributed by atoms with E-state index in [1.807, 2.05) is 4.90 Å². The molecule has 2 amide bonds. The molecule has 6 nitrogen and oxygen atoms in total. The predicted molar refractivity (Wildman–Crippen MR) is 78.8 cm³/mol.